The zero-order valence-corrected chi connectivity index (χ0v) is 28.4. The Morgan fingerprint density at radius 1 is 0.706 bits per heavy atom. The van der Waals surface area contributed by atoms with Crippen LogP contribution in [0.15, 0.2) is 151 Å². The minimum Gasteiger partial charge on any atom is -0.392 e. The summed E-state index contributed by atoms with van der Waals surface area (Å²) in [5, 5.41) is 10.5. The number of aliphatic hydroxyl groups excluding tert-OH is 1. The van der Waals surface area contributed by atoms with Crippen molar-refractivity contribution in [3.05, 3.63) is 174 Å². The molecular formula is C41H36N4O5S. The first-order valence-electron chi connectivity index (χ1n) is 16.8. The number of rotatable bonds is 10. The number of nitrogens with one attached hydrogen (secondary N) is 1. The third-order valence-electron chi connectivity index (χ3n) is 9.48. The lowest BCUT2D eigenvalue weighted by atomic mass is 9.83. The molecule has 1 saturated heterocycles. The maximum atomic E-state index is 13.3. The van der Waals surface area contributed by atoms with Crippen molar-refractivity contribution in [3.8, 4) is 0 Å². The molecule has 0 amide bonds. The van der Waals surface area contributed by atoms with Crippen molar-refractivity contribution in [2.45, 2.75) is 49.0 Å². The van der Waals surface area contributed by atoms with Crippen LogP contribution >= 0.6 is 0 Å². The van der Waals surface area contributed by atoms with Gasteiger partial charge in [0.15, 0.2) is 6.29 Å². The summed E-state index contributed by atoms with van der Waals surface area (Å²) in [4.78, 5) is 9.08. The van der Waals surface area contributed by atoms with E-state index in [1.165, 1.54) is 0 Å². The fourth-order valence-electron chi connectivity index (χ4n) is 6.86. The molecule has 51 heavy (non-hydrogen) atoms. The van der Waals surface area contributed by atoms with E-state index in [2.05, 4.69) is 37.5 Å². The van der Waals surface area contributed by atoms with Crippen LogP contribution in [-0.4, -0.2) is 34.2 Å². The maximum Gasteiger partial charge on any atom is 0.243 e. The standard InChI is InChI=1S/C41H36N4O5S/c46-26-29-17-19-32(20-18-29)40-38(30-8-2-1-3-9-30)36(25-45-27-43-34-12-4-5-13-35(34)45)49-41(50-40)33-21-15-28(16-22-33)24-44-51(47,48)37-14-6-10-31-11-7-23-42-39(31)37/h1-23,27,36,38,40-41,44,46H,24-26H2. The van der Waals surface area contributed by atoms with Crippen LogP contribution in [0, 0.1) is 0 Å². The Bertz CT molecular complexity index is 2380. The first-order chi connectivity index (χ1) is 25.0. The molecule has 7 aromatic rings. The molecule has 4 unspecified atom stereocenters. The SMILES string of the molecule is O=S(=O)(NCc1ccc(C2OC(Cn3cnc4ccccc43)C(c3ccccc3)C(c3ccc(CO)cc3)O2)cc1)c1cccc2cccnc12. The molecule has 0 bridgehead atoms. The van der Waals surface area contributed by atoms with Crippen molar-refractivity contribution in [2.75, 3.05) is 0 Å². The van der Waals surface area contributed by atoms with E-state index in [4.69, 9.17) is 9.47 Å². The van der Waals surface area contributed by atoms with Crippen molar-refractivity contribution >= 4 is 32.0 Å². The topological polar surface area (TPSA) is 116 Å². The Balaban J connectivity index is 1.10. The molecule has 10 heteroatoms. The van der Waals surface area contributed by atoms with E-state index in [1.54, 1.807) is 24.4 Å². The largest absolute Gasteiger partial charge is 0.392 e. The first-order valence-corrected chi connectivity index (χ1v) is 18.3. The average Bonchev–Trinajstić information content (AvgIpc) is 3.59. The smallest absolute Gasteiger partial charge is 0.243 e. The van der Waals surface area contributed by atoms with Crippen molar-refractivity contribution < 1.29 is 23.0 Å². The van der Waals surface area contributed by atoms with E-state index in [1.807, 2.05) is 103 Å². The number of nitrogens with zero attached hydrogens (tertiary/aromatic N) is 3. The van der Waals surface area contributed by atoms with Crippen LogP contribution in [-0.2, 0) is 39.2 Å². The fraction of sp³-hybridized carbons (Fsp3) is 0.171. The summed E-state index contributed by atoms with van der Waals surface area (Å²) in [6.45, 7) is 0.593. The van der Waals surface area contributed by atoms with Gasteiger partial charge in [-0.3, -0.25) is 4.98 Å². The van der Waals surface area contributed by atoms with Gasteiger partial charge in [-0.1, -0.05) is 109 Å². The van der Waals surface area contributed by atoms with E-state index < -0.39 is 16.3 Å². The Morgan fingerprint density at radius 3 is 2.24 bits per heavy atom. The summed E-state index contributed by atoms with van der Waals surface area (Å²) in [6.07, 6.45) is 2.05. The number of benzene rings is 5. The molecule has 9 nitrogen and oxygen atoms in total. The zero-order valence-electron chi connectivity index (χ0n) is 27.6. The number of ether oxygens (including phenoxy) is 2. The highest BCUT2D eigenvalue weighted by Gasteiger charge is 2.42. The van der Waals surface area contributed by atoms with Gasteiger partial charge in [0.25, 0.3) is 0 Å². The van der Waals surface area contributed by atoms with E-state index in [9.17, 15) is 13.5 Å². The lowest BCUT2D eigenvalue weighted by Gasteiger charge is -2.43. The highest BCUT2D eigenvalue weighted by atomic mass is 32.2. The molecule has 1 aliphatic rings. The van der Waals surface area contributed by atoms with Gasteiger partial charge in [-0.2, -0.15) is 0 Å². The molecule has 5 aromatic carbocycles. The van der Waals surface area contributed by atoms with Crippen molar-refractivity contribution in [3.63, 3.8) is 0 Å². The summed E-state index contributed by atoms with van der Waals surface area (Å²) in [5.41, 5.74) is 6.84. The molecule has 256 valence electrons. The lowest BCUT2D eigenvalue weighted by molar-refractivity contribution is -0.263. The highest BCUT2D eigenvalue weighted by Crippen LogP contribution is 2.47. The van der Waals surface area contributed by atoms with Crippen LogP contribution in [0.3, 0.4) is 0 Å². The molecule has 2 N–H and O–H groups in total. The summed E-state index contributed by atoms with van der Waals surface area (Å²) in [5.74, 6) is -0.166. The molecule has 8 rings (SSSR count). The van der Waals surface area contributed by atoms with Gasteiger partial charge in [0.2, 0.25) is 10.0 Å². The average molecular weight is 697 g/mol. The maximum absolute atomic E-state index is 13.3. The van der Waals surface area contributed by atoms with E-state index in [0.29, 0.717) is 12.1 Å². The Kier molecular flexibility index (Phi) is 9.16. The van der Waals surface area contributed by atoms with Gasteiger partial charge < -0.3 is 19.1 Å². The molecule has 4 atom stereocenters. The molecule has 1 aliphatic heterocycles. The molecule has 1 fully saturated rings. The van der Waals surface area contributed by atoms with Gasteiger partial charge in [-0.15, -0.1) is 0 Å². The van der Waals surface area contributed by atoms with Gasteiger partial charge in [-0.25, -0.2) is 18.1 Å². The second kappa shape index (κ2) is 14.2. The van der Waals surface area contributed by atoms with Crippen molar-refractivity contribution in [1.82, 2.24) is 19.3 Å². The third kappa shape index (κ3) is 6.80. The second-order valence-electron chi connectivity index (χ2n) is 12.7. The molecular weight excluding hydrogens is 661 g/mol. The quantitative estimate of drug-likeness (QED) is 0.156. The molecule has 0 saturated carbocycles. The Labute approximate surface area is 296 Å². The van der Waals surface area contributed by atoms with Gasteiger partial charge in [0, 0.05) is 29.6 Å². The second-order valence-corrected chi connectivity index (χ2v) is 14.4. The number of pyridine rings is 1. The fourth-order valence-corrected chi connectivity index (χ4v) is 8.05. The number of aromatic nitrogens is 3. The first kappa shape index (κ1) is 32.9. The number of para-hydroxylation sites is 3. The number of sulfonamides is 1. The molecule has 3 heterocycles. The third-order valence-corrected chi connectivity index (χ3v) is 10.9. The van der Waals surface area contributed by atoms with Crippen LogP contribution in [0.2, 0.25) is 0 Å². The molecule has 2 aromatic heterocycles. The highest BCUT2D eigenvalue weighted by molar-refractivity contribution is 7.89. The van der Waals surface area contributed by atoms with E-state index in [0.717, 1.165) is 44.2 Å². The van der Waals surface area contributed by atoms with Crippen molar-refractivity contribution in [2.24, 2.45) is 0 Å². The zero-order chi connectivity index (χ0) is 34.8. The van der Waals surface area contributed by atoms with Crippen LogP contribution in [0.1, 0.15) is 46.1 Å². The van der Waals surface area contributed by atoms with E-state index in [-0.39, 0.29) is 36.2 Å². The monoisotopic (exact) mass is 696 g/mol. The van der Waals surface area contributed by atoms with Crippen LogP contribution < -0.4 is 4.72 Å². The van der Waals surface area contributed by atoms with Crippen LogP contribution in [0.25, 0.3) is 21.9 Å². The van der Waals surface area contributed by atoms with Crippen LogP contribution in [0.5, 0.6) is 0 Å². The molecule has 0 spiro atoms. The van der Waals surface area contributed by atoms with Gasteiger partial charge >= 0.3 is 0 Å². The number of aliphatic hydroxyl groups is 1. The van der Waals surface area contributed by atoms with Gasteiger partial charge in [-0.05, 0) is 46.5 Å². The minimum atomic E-state index is -3.82. The van der Waals surface area contributed by atoms with Crippen LogP contribution in [0.4, 0.5) is 0 Å². The molecule has 0 radical (unpaired) electrons. The minimum absolute atomic E-state index is 0.0443. The summed E-state index contributed by atoms with van der Waals surface area (Å²) in [6, 6.07) is 42.6. The Hall–Kier alpha value is -5.23. The summed E-state index contributed by atoms with van der Waals surface area (Å²) >= 11 is 0. The Morgan fingerprint density at radius 2 is 1.43 bits per heavy atom. The van der Waals surface area contributed by atoms with Crippen molar-refractivity contribution in [1.29, 1.82) is 0 Å². The summed E-state index contributed by atoms with van der Waals surface area (Å²) in [7, 11) is -3.82. The van der Waals surface area contributed by atoms with Gasteiger partial charge in [0.1, 0.15) is 4.90 Å². The number of fused-ring (bicyclic) bond motifs is 2. The normalized spacial score (nSPS) is 19.4. The number of imidazole rings is 1. The number of hydrogen-bond acceptors (Lipinski definition) is 7. The molecule has 0 aliphatic carbocycles. The lowest BCUT2D eigenvalue weighted by Crippen LogP contribution is -2.39. The predicted molar refractivity (Wildman–Crippen MR) is 195 cm³/mol. The van der Waals surface area contributed by atoms with E-state index >= 15 is 0 Å². The predicted octanol–water partition coefficient (Wildman–Crippen LogP) is 7.19. The number of hydrogen-bond donors (Lipinski definition) is 2. The van der Waals surface area contributed by atoms with Gasteiger partial charge in [0.05, 0.1) is 48.2 Å². The summed E-state index contributed by atoms with van der Waals surface area (Å²) < 4.78 is 45.3.